The third-order valence-corrected chi connectivity index (χ3v) is 3.39. The molecule has 1 aliphatic carbocycles. The van der Waals surface area contributed by atoms with Gasteiger partial charge in [0.1, 0.15) is 0 Å². The first-order valence-corrected chi connectivity index (χ1v) is 6.44. The summed E-state index contributed by atoms with van der Waals surface area (Å²) in [6.07, 6.45) is -5.44. The average Bonchev–Trinajstić information content (AvgIpc) is 3.14. The topological polar surface area (TPSA) is 38.3 Å². The van der Waals surface area contributed by atoms with Crippen LogP contribution in [0.15, 0.2) is 18.2 Å². The summed E-state index contributed by atoms with van der Waals surface area (Å²) < 4.78 is 53.3. The maximum atomic E-state index is 13.7. The maximum Gasteiger partial charge on any atom is 0.445 e. The van der Waals surface area contributed by atoms with Gasteiger partial charge < -0.3 is 4.74 Å². The van der Waals surface area contributed by atoms with Crippen molar-refractivity contribution in [2.24, 2.45) is 5.89 Å². The fourth-order valence-electron chi connectivity index (χ4n) is 1.98. The number of hydrogen-bond acceptors (Lipinski definition) is 2. The van der Waals surface area contributed by atoms with Gasteiger partial charge in [-0.25, -0.2) is 4.79 Å². The Labute approximate surface area is 124 Å². The number of amides is 1. The molecule has 7 heteroatoms. The van der Waals surface area contributed by atoms with Crippen molar-refractivity contribution in [3.8, 4) is 11.8 Å². The third-order valence-electron chi connectivity index (χ3n) is 3.16. The fraction of sp³-hybridized carbons (Fsp3) is 0.357. The SMILES string of the molecule is [2H]C1(C#CC2(C(F)(F)F)OC(=O)Nc3ccc(Cl)cc32)CC1. The van der Waals surface area contributed by atoms with E-state index in [9.17, 15) is 18.0 Å². The number of nitrogens with one attached hydrogen (secondary N) is 1. The normalized spacial score (nSPS) is 26.5. The van der Waals surface area contributed by atoms with Crippen LogP contribution in [0, 0.1) is 17.7 Å². The number of benzene rings is 1. The van der Waals surface area contributed by atoms with Crippen molar-refractivity contribution in [3.63, 3.8) is 0 Å². The van der Waals surface area contributed by atoms with Gasteiger partial charge in [-0.05, 0) is 37.0 Å². The minimum Gasteiger partial charge on any atom is -0.415 e. The number of alkyl halides is 3. The van der Waals surface area contributed by atoms with E-state index < -0.39 is 23.8 Å². The number of halogens is 4. The maximum absolute atomic E-state index is 13.7. The van der Waals surface area contributed by atoms with Gasteiger partial charge in [0.05, 0.1) is 5.69 Å². The van der Waals surface area contributed by atoms with E-state index in [2.05, 4.69) is 16.0 Å². The van der Waals surface area contributed by atoms with Crippen LogP contribution in [-0.4, -0.2) is 12.3 Å². The van der Waals surface area contributed by atoms with Crippen molar-refractivity contribution < 1.29 is 24.1 Å². The minimum absolute atomic E-state index is 0.0564. The van der Waals surface area contributed by atoms with Crippen LogP contribution in [0.5, 0.6) is 0 Å². The molecular formula is C14H9ClF3NO2. The first-order chi connectivity index (χ1) is 10.2. The van der Waals surface area contributed by atoms with Crippen LogP contribution in [0.25, 0.3) is 0 Å². The second-order valence-electron chi connectivity index (χ2n) is 4.74. The van der Waals surface area contributed by atoms with Crippen LogP contribution in [0.2, 0.25) is 5.02 Å². The van der Waals surface area contributed by atoms with Crippen LogP contribution < -0.4 is 5.32 Å². The van der Waals surface area contributed by atoms with Gasteiger partial charge in [-0.1, -0.05) is 17.5 Å². The molecule has 1 N–H and O–H groups in total. The molecule has 1 amide bonds. The van der Waals surface area contributed by atoms with Gasteiger partial charge in [0, 0.05) is 17.9 Å². The Hall–Kier alpha value is -1.87. The number of cyclic esters (lactones) is 1. The van der Waals surface area contributed by atoms with Crippen LogP contribution >= 0.6 is 11.6 Å². The molecule has 1 fully saturated rings. The van der Waals surface area contributed by atoms with E-state index in [1.165, 1.54) is 12.1 Å². The molecule has 1 atom stereocenters. The summed E-state index contributed by atoms with van der Waals surface area (Å²) in [5.74, 6) is 3.07. The summed E-state index contributed by atoms with van der Waals surface area (Å²) in [4.78, 5) is 11.5. The molecule has 1 aliphatic heterocycles. The standard InChI is InChI=1S/C14H9ClF3NO2/c15-9-3-4-11-10(7-9)13(14(16,17)18,21-12(20)19-11)6-5-8-1-2-8/h3-4,7-8H,1-2H2,(H,19,20)/i8D. The fourth-order valence-corrected chi connectivity index (χ4v) is 2.16. The van der Waals surface area contributed by atoms with Crippen molar-refractivity contribution in [2.45, 2.75) is 24.6 Å². The van der Waals surface area contributed by atoms with Crippen molar-refractivity contribution in [2.75, 3.05) is 5.32 Å². The molecule has 3 rings (SSSR count). The highest BCUT2D eigenvalue weighted by Gasteiger charge is 2.62. The average molecular weight is 317 g/mol. The van der Waals surface area contributed by atoms with Gasteiger partial charge in [0.15, 0.2) is 0 Å². The van der Waals surface area contributed by atoms with Crippen molar-refractivity contribution in [1.82, 2.24) is 0 Å². The van der Waals surface area contributed by atoms with Crippen LogP contribution in [0.4, 0.5) is 23.7 Å². The van der Waals surface area contributed by atoms with Gasteiger partial charge in [0.2, 0.25) is 0 Å². The predicted octanol–water partition coefficient (Wildman–Crippen LogP) is 4.07. The summed E-state index contributed by atoms with van der Waals surface area (Å²) in [6.45, 7) is 0. The summed E-state index contributed by atoms with van der Waals surface area (Å²) in [6, 6.07) is 3.67. The molecule has 0 saturated heterocycles. The second kappa shape index (κ2) is 4.57. The molecule has 1 aromatic carbocycles. The summed E-state index contributed by atoms with van der Waals surface area (Å²) in [5.41, 5.74) is -3.57. The molecule has 0 aromatic heterocycles. The van der Waals surface area contributed by atoms with Crippen LogP contribution in [0.1, 0.15) is 19.8 Å². The van der Waals surface area contributed by atoms with Crippen molar-refractivity contribution in [1.29, 1.82) is 0 Å². The first-order valence-electron chi connectivity index (χ1n) is 6.56. The lowest BCUT2D eigenvalue weighted by atomic mass is 9.90. The first kappa shape index (κ1) is 12.8. The lowest BCUT2D eigenvalue weighted by molar-refractivity contribution is -0.239. The number of fused-ring (bicyclic) bond motifs is 1. The van der Waals surface area contributed by atoms with E-state index >= 15 is 0 Å². The van der Waals surface area contributed by atoms with Gasteiger partial charge in [-0.3, -0.25) is 5.32 Å². The molecule has 0 radical (unpaired) electrons. The zero-order valence-corrected chi connectivity index (χ0v) is 11.2. The molecule has 110 valence electrons. The zero-order valence-electron chi connectivity index (χ0n) is 11.5. The Bertz CT molecular complexity index is 721. The molecular weight excluding hydrogens is 307 g/mol. The molecule has 1 unspecified atom stereocenters. The summed E-state index contributed by atoms with van der Waals surface area (Å²) in [5, 5.41) is 2.25. The number of carbonyl (C=O) groups excluding carboxylic acids is 1. The molecule has 1 aromatic rings. The van der Waals surface area contributed by atoms with Crippen molar-refractivity contribution >= 4 is 23.4 Å². The van der Waals surface area contributed by atoms with Gasteiger partial charge >= 0.3 is 12.3 Å². The number of carbonyl (C=O) groups is 1. The van der Waals surface area contributed by atoms with E-state index in [0.717, 1.165) is 6.07 Å². The quantitative estimate of drug-likeness (QED) is 0.733. The number of rotatable bonds is 0. The molecule has 1 saturated carbocycles. The highest BCUT2D eigenvalue weighted by atomic mass is 35.5. The summed E-state index contributed by atoms with van der Waals surface area (Å²) in [7, 11) is 0. The van der Waals surface area contributed by atoms with Crippen LogP contribution in [0.3, 0.4) is 0 Å². The Morgan fingerprint density at radius 2 is 2.19 bits per heavy atom. The van der Waals surface area contributed by atoms with E-state index in [0.29, 0.717) is 12.8 Å². The van der Waals surface area contributed by atoms with Gasteiger partial charge in [-0.2, -0.15) is 13.2 Å². The third kappa shape index (κ3) is 2.42. The Kier molecular flexibility index (Phi) is 2.79. The predicted molar refractivity (Wildman–Crippen MR) is 69.8 cm³/mol. The molecule has 1 heterocycles. The Morgan fingerprint density at radius 3 is 2.81 bits per heavy atom. The zero-order chi connectivity index (χ0) is 16.2. The lowest BCUT2D eigenvalue weighted by Gasteiger charge is -2.35. The Balaban J connectivity index is 2.23. The highest BCUT2D eigenvalue weighted by molar-refractivity contribution is 6.30. The second-order valence-corrected chi connectivity index (χ2v) is 5.17. The van der Waals surface area contributed by atoms with E-state index in [4.69, 9.17) is 13.0 Å². The monoisotopic (exact) mass is 316 g/mol. The minimum atomic E-state index is -4.97. The lowest BCUT2D eigenvalue weighted by Crippen LogP contribution is -2.49. The number of hydrogen-bond donors (Lipinski definition) is 1. The molecule has 21 heavy (non-hydrogen) atoms. The number of anilines is 1. The smallest absolute Gasteiger partial charge is 0.415 e. The Morgan fingerprint density at radius 1 is 1.48 bits per heavy atom. The van der Waals surface area contributed by atoms with Gasteiger partial charge in [0.25, 0.3) is 5.60 Å². The van der Waals surface area contributed by atoms with Gasteiger partial charge in [-0.15, -0.1) is 0 Å². The van der Waals surface area contributed by atoms with E-state index in [-0.39, 0.29) is 16.3 Å². The summed E-state index contributed by atoms with van der Waals surface area (Å²) >= 11 is 5.77. The molecule has 0 bridgehead atoms. The van der Waals surface area contributed by atoms with Crippen molar-refractivity contribution in [3.05, 3.63) is 28.8 Å². The van der Waals surface area contributed by atoms with E-state index in [1.54, 1.807) is 0 Å². The number of ether oxygens (including phenoxy) is 1. The van der Waals surface area contributed by atoms with E-state index in [1.807, 2.05) is 5.92 Å². The molecule has 0 spiro atoms. The molecule has 2 aliphatic rings. The highest BCUT2D eigenvalue weighted by Crippen LogP contribution is 2.48. The van der Waals surface area contributed by atoms with Crippen LogP contribution in [-0.2, 0) is 10.3 Å². The molecule has 3 nitrogen and oxygen atoms in total. The largest absolute Gasteiger partial charge is 0.445 e.